The molecule has 4 atom stereocenters. The molecule has 6 heteroatoms. The molecule has 4 unspecified atom stereocenters. The number of carbonyl (C=O) groups excluding carboxylic acids is 1. The number of allylic oxidation sites excluding steroid dienone is 6. The van der Waals surface area contributed by atoms with Crippen LogP contribution in [0.5, 0.6) is 0 Å². The smallest absolute Gasteiger partial charge is 0.249 e. The highest BCUT2D eigenvalue weighted by atomic mass is 16.3. The zero-order chi connectivity index (χ0) is 24.0. The van der Waals surface area contributed by atoms with E-state index in [1.165, 1.54) is 19.3 Å². The van der Waals surface area contributed by atoms with Gasteiger partial charge >= 0.3 is 0 Å². The molecule has 0 bridgehead atoms. The summed E-state index contributed by atoms with van der Waals surface area (Å²) < 4.78 is 0. The standard InChI is InChI=1S/C26H47NO5/c1-3-5-7-9-11-13-15-17-19-23(29)25(31)22(21-28)27-26(32)24(30)20-18-16-14-12-10-8-6-4-2/h3,5,11,13-14,16,22-25,28-31H,4,6-10,12,15,17-21H2,1-2H3,(H,27,32)/b5-3+,13-11+,16-14-. The van der Waals surface area contributed by atoms with Crippen molar-refractivity contribution in [3.63, 3.8) is 0 Å². The minimum absolute atomic E-state index is 0.272. The van der Waals surface area contributed by atoms with E-state index < -0.39 is 36.9 Å². The molecule has 0 aromatic carbocycles. The minimum atomic E-state index is -1.29. The van der Waals surface area contributed by atoms with Crippen LogP contribution in [0.15, 0.2) is 36.5 Å². The molecule has 0 aromatic heterocycles. The van der Waals surface area contributed by atoms with Crippen molar-refractivity contribution in [3.05, 3.63) is 36.5 Å². The summed E-state index contributed by atoms with van der Waals surface area (Å²) in [6.45, 7) is 3.66. The molecule has 0 aliphatic rings. The van der Waals surface area contributed by atoms with E-state index in [0.717, 1.165) is 32.1 Å². The van der Waals surface area contributed by atoms with Crippen LogP contribution in [0.2, 0.25) is 0 Å². The maximum atomic E-state index is 12.2. The van der Waals surface area contributed by atoms with Gasteiger partial charge in [-0.1, -0.05) is 62.6 Å². The van der Waals surface area contributed by atoms with Gasteiger partial charge in [0.2, 0.25) is 5.91 Å². The Balaban J connectivity index is 4.18. The quantitative estimate of drug-likeness (QED) is 0.142. The fraction of sp³-hybridized carbons (Fsp3) is 0.731. The lowest BCUT2D eigenvalue weighted by Crippen LogP contribution is -2.53. The Morgan fingerprint density at radius 3 is 2.09 bits per heavy atom. The Bertz CT molecular complexity index is 532. The third kappa shape index (κ3) is 16.2. The number of rotatable bonds is 20. The van der Waals surface area contributed by atoms with Crippen LogP contribution in [-0.4, -0.2) is 57.3 Å². The number of carbonyl (C=O) groups is 1. The Labute approximate surface area is 195 Å². The molecule has 0 rings (SSSR count). The van der Waals surface area contributed by atoms with E-state index in [9.17, 15) is 25.2 Å². The zero-order valence-electron chi connectivity index (χ0n) is 20.2. The van der Waals surface area contributed by atoms with Crippen LogP contribution in [0.4, 0.5) is 0 Å². The molecular formula is C26H47NO5. The van der Waals surface area contributed by atoms with E-state index in [0.29, 0.717) is 19.3 Å². The average molecular weight is 454 g/mol. The predicted octanol–water partition coefficient (Wildman–Crippen LogP) is 3.94. The molecule has 0 aliphatic carbocycles. The molecular weight excluding hydrogens is 406 g/mol. The highest BCUT2D eigenvalue weighted by Gasteiger charge is 2.28. The summed E-state index contributed by atoms with van der Waals surface area (Å²) in [4.78, 5) is 12.2. The molecule has 0 heterocycles. The summed E-state index contributed by atoms with van der Waals surface area (Å²) in [5, 5.41) is 42.5. The molecule has 32 heavy (non-hydrogen) atoms. The Kier molecular flexibility index (Phi) is 20.4. The molecule has 5 N–H and O–H groups in total. The summed E-state index contributed by atoms with van der Waals surface area (Å²) in [7, 11) is 0. The normalized spacial score (nSPS) is 16.1. The lowest BCUT2D eigenvalue weighted by atomic mass is 10.0. The zero-order valence-corrected chi connectivity index (χ0v) is 20.2. The molecule has 6 nitrogen and oxygen atoms in total. The van der Waals surface area contributed by atoms with Crippen molar-refractivity contribution in [2.24, 2.45) is 0 Å². The van der Waals surface area contributed by atoms with Crippen molar-refractivity contribution in [3.8, 4) is 0 Å². The Hall–Kier alpha value is -1.47. The summed E-state index contributed by atoms with van der Waals surface area (Å²) >= 11 is 0. The van der Waals surface area contributed by atoms with Gasteiger partial charge in [-0.25, -0.2) is 0 Å². The van der Waals surface area contributed by atoms with Crippen molar-refractivity contribution in [2.45, 2.75) is 115 Å². The molecule has 0 aliphatic heterocycles. The maximum absolute atomic E-state index is 12.2. The van der Waals surface area contributed by atoms with Crippen LogP contribution in [0.1, 0.15) is 90.9 Å². The lowest BCUT2D eigenvalue weighted by molar-refractivity contribution is -0.132. The van der Waals surface area contributed by atoms with E-state index in [1.54, 1.807) is 0 Å². The maximum Gasteiger partial charge on any atom is 0.249 e. The summed E-state index contributed by atoms with van der Waals surface area (Å²) in [5.74, 6) is -0.643. The van der Waals surface area contributed by atoms with Crippen LogP contribution < -0.4 is 5.32 Å². The van der Waals surface area contributed by atoms with Gasteiger partial charge in [-0.2, -0.15) is 0 Å². The number of hydrogen-bond donors (Lipinski definition) is 5. The van der Waals surface area contributed by atoms with E-state index in [-0.39, 0.29) is 6.42 Å². The number of amides is 1. The predicted molar refractivity (Wildman–Crippen MR) is 131 cm³/mol. The highest BCUT2D eigenvalue weighted by Crippen LogP contribution is 2.11. The largest absolute Gasteiger partial charge is 0.394 e. The van der Waals surface area contributed by atoms with Gasteiger partial charge in [-0.3, -0.25) is 4.79 Å². The number of aliphatic hydroxyl groups excluding tert-OH is 4. The first-order valence-corrected chi connectivity index (χ1v) is 12.3. The fourth-order valence-corrected chi connectivity index (χ4v) is 3.31. The van der Waals surface area contributed by atoms with Gasteiger partial charge in [0.05, 0.1) is 18.8 Å². The van der Waals surface area contributed by atoms with Gasteiger partial charge in [-0.05, 0) is 64.7 Å². The molecule has 1 amide bonds. The fourth-order valence-electron chi connectivity index (χ4n) is 3.31. The molecule has 0 radical (unpaired) electrons. The van der Waals surface area contributed by atoms with Gasteiger partial charge in [0, 0.05) is 0 Å². The van der Waals surface area contributed by atoms with Crippen molar-refractivity contribution in [1.82, 2.24) is 5.32 Å². The summed E-state index contributed by atoms with van der Waals surface area (Å²) in [6, 6.07) is -1.02. The second kappa shape index (κ2) is 21.4. The Morgan fingerprint density at radius 2 is 1.44 bits per heavy atom. The molecule has 0 saturated heterocycles. The van der Waals surface area contributed by atoms with Gasteiger partial charge in [-0.15, -0.1) is 0 Å². The third-order valence-electron chi connectivity index (χ3n) is 5.40. The van der Waals surface area contributed by atoms with Crippen molar-refractivity contribution in [2.75, 3.05) is 6.61 Å². The van der Waals surface area contributed by atoms with Gasteiger partial charge in [0.25, 0.3) is 0 Å². The van der Waals surface area contributed by atoms with E-state index in [1.807, 2.05) is 19.1 Å². The summed E-state index contributed by atoms with van der Waals surface area (Å²) in [5.41, 5.74) is 0. The van der Waals surface area contributed by atoms with Crippen molar-refractivity contribution >= 4 is 5.91 Å². The van der Waals surface area contributed by atoms with Crippen LogP contribution in [0.3, 0.4) is 0 Å². The van der Waals surface area contributed by atoms with Crippen LogP contribution >= 0.6 is 0 Å². The monoisotopic (exact) mass is 453 g/mol. The molecule has 0 spiro atoms. The first-order chi connectivity index (χ1) is 15.5. The van der Waals surface area contributed by atoms with Crippen molar-refractivity contribution in [1.29, 1.82) is 0 Å². The second-order valence-electron chi connectivity index (χ2n) is 8.32. The first kappa shape index (κ1) is 30.5. The SMILES string of the molecule is C/C=C/CC/C=C/CCCC(O)C(O)C(CO)NC(=O)C(O)CC/C=C\CCCCCC. The first-order valence-electron chi connectivity index (χ1n) is 12.3. The van der Waals surface area contributed by atoms with Crippen LogP contribution in [0, 0.1) is 0 Å². The van der Waals surface area contributed by atoms with Crippen LogP contribution in [-0.2, 0) is 4.79 Å². The van der Waals surface area contributed by atoms with E-state index in [2.05, 4.69) is 36.5 Å². The Morgan fingerprint density at radius 1 is 0.812 bits per heavy atom. The van der Waals surface area contributed by atoms with E-state index >= 15 is 0 Å². The molecule has 0 saturated carbocycles. The lowest BCUT2D eigenvalue weighted by Gasteiger charge is -2.27. The third-order valence-corrected chi connectivity index (χ3v) is 5.40. The van der Waals surface area contributed by atoms with Crippen LogP contribution in [0.25, 0.3) is 0 Å². The number of unbranched alkanes of at least 4 members (excludes halogenated alkanes) is 6. The topological polar surface area (TPSA) is 110 Å². The minimum Gasteiger partial charge on any atom is -0.394 e. The van der Waals surface area contributed by atoms with Crippen molar-refractivity contribution < 1.29 is 25.2 Å². The number of hydrogen-bond acceptors (Lipinski definition) is 5. The second-order valence-corrected chi connectivity index (χ2v) is 8.32. The molecule has 0 aromatic rings. The molecule has 0 fully saturated rings. The van der Waals surface area contributed by atoms with Gasteiger partial charge in [0.1, 0.15) is 12.2 Å². The average Bonchev–Trinajstić information content (AvgIpc) is 2.79. The van der Waals surface area contributed by atoms with E-state index in [4.69, 9.17) is 0 Å². The molecule has 186 valence electrons. The van der Waals surface area contributed by atoms with Gasteiger partial charge in [0.15, 0.2) is 0 Å². The highest BCUT2D eigenvalue weighted by molar-refractivity contribution is 5.80. The summed E-state index contributed by atoms with van der Waals surface area (Å²) in [6.07, 6.45) is 19.3. The van der Waals surface area contributed by atoms with Gasteiger partial charge < -0.3 is 25.7 Å². The number of nitrogens with one attached hydrogen (secondary N) is 1. The number of aliphatic hydroxyl groups is 4.